The van der Waals surface area contributed by atoms with E-state index in [0.717, 1.165) is 71.2 Å². The summed E-state index contributed by atoms with van der Waals surface area (Å²) in [6.45, 7) is 8.57. The van der Waals surface area contributed by atoms with Gasteiger partial charge in [0.1, 0.15) is 17.4 Å². The van der Waals surface area contributed by atoms with Crippen molar-refractivity contribution in [3.05, 3.63) is 106 Å². The largest absolute Gasteiger partial charge is 0.480 e. The Labute approximate surface area is 298 Å². The first-order valence-electron chi connectivity index (χ1n) is 17.6. The van der Waals surface area contributed by atoms with E-state index < -0.39 is 18.6 Å². The molecular weight excluding hydrogens is 644 g/mol. The van der Waals surface area contributed by atoms with Gasteiger partial charge < -0.3 is 26.2 Å². The number of rotatable bonds is 15. The zero-order valence-electron chi connectivity index (χ0n) is 29.5. The second-order valence-corrected chi connectivity index (χ2v) is 13.9. The third kappa shape index (κ3) is 8.50. The Bertz CT molecular complexity index is 1950. The molecule has 266 valence electrons. The van der Waals surface area contributed by atoms with Crippen molar-refractivity contribution in [3.8, 4) is 11.1 Å². The fourth-order valence-electron chi connectivity index (χ4n) is 6.37. The number of carboxylic acid groups (broad SMARTS) is 1. The standard InChI is InChI=1S/C40H46N6O5/c1-22(2)41-17-27-18-42-35(15-31(27)25-11-12-25)38(48)45-33-9-5-7-29(23(33)3)30-8-6-10-34(24(30)4)46-39(49)36-16-32(26-13-14-26)28(19-43-36)20-44-37(21-47)40(50)51/h5-10,15-16,18-19,22,25-26,37,41,44,47H,11-14,17,20-21H2,1-4H3,(H,45,48)(H,46,49)(H,50,51)/t37-/m1/s1. The monoisotopic (exact) mass is 690 g/mol. The minimum Gasteiger partial charge on any atom is -0.480 e. The highest BCUT2D eigenvalue weighted by Gasteiger charge is 2.29. The van der Waals surface area contributed by atoms with Crippen LogP contribution < -0.4 is 21.3 Å². The maximum absolute atomic E-state index is 13.5. The lowest BCUT2D eigenvalue weighted by atomic mass is 9.94. The van der Waals surface area contributed by atoms with E-state index in [1.807, 2.05) is 62.5 Å². The normalized spacial score (nSPS) is 14.7. The van der Waals surface area contributed by atoms with Crippen LogP contribution in [0.2, 0.25) is 0 Å². The van der Waals surface area contributed by atoms with E-state index in [1.54, 1.807) is 12.3 Å². The number of carbonyl (C=O) groups excluding carboxylic acids is 2. The lowest BCUT2D eigenvalue weighted by Crippen LogP contribution is -2.39. The van der Waals surface area contributed by atoms with Gasteiger partial charge in [-0.15, -0.1) is 0 Å². The summed E-state index contributed by atoms with van der Waals surface area (Å²) in [7, 11) is 0. The molecule has 51 heavy (non-hydrogen) atoms. The third-order valence-electron chi connectivity index (χ3n) is 9.72. The highest BCUT2D eigenvalue weighted by molar-refractivity contribution is 6.05. The summed E-state index contributed by atoms with van der Waals surface area (Å²) in [6, 6.07) is 14.5. The molecule has 0 radical (unpaired) electrons. The van der Waals surface area contributed by atoms with Gasteiger partial charge in [-0.05, 0) is 120 Å². The van der Waals surface area contributed by atoms with E-state index >= 15 is 0 Å². The number of aliphatic carboxylic acids is 1. The van der Waals surface area contributed by atoms with Gasteiger partial charge in [-0.25, -0.2) is 0 Å². The van der Waals surface area contributed by atoms with Crippen LogP contribution in [0.25, 0.3) is 11.1 Å². The van der Waals surface area contributed by atoms with E-state index in [2.05, 4.69) is 45.1 Å². The molecule has 2 aromatic carbocycles. The number of benzene rings is 2. The second-order valence-electron chi connectivity index (χ2n) is 13.9. The molecule has 2 heterocycles. The maximum atomic E-state index is 13.5. The van der Waals surface area contributed by atoms with Crippen molar-refractivity contribution in [1.82, 2.24) is 20.6 Å². The molecule has 2 aliphatic carbocycles. The third-order valence-corrected chi connectivity index (χ3v) is 9.72. The van der Waals surface area contributed by atoms with Crippen LogP contribution in [0.15, 0.2) is 60.9 Å². The molecule has 0 bridgehead atoms. The average molecular weight is 691 g/mol. The van der Waals surface area contributed by atoms with Gasteiger partial charge in [-0.3, -0.25) is 29.7 Å². The molecule has 0 aliphatic heterocycles. The minimum absolute atomic E-state index is 0.221. The first-order valence-corrected chi connectivity index (χ1v) is 17.6. The summed E-state index contributed by atoms with van der Waals surface area (Å²) in [4.78, 5) is 47.3. The summed E-state index contributed by atoms with van der Waals surface area (Å²) < 4.78 is 0. The van der Waals surface area contributed by atoms with Gasteiger partial charge in [0.2, 0.25) is 0 Å². The molecule has 2 aliphatic rings. The van der Waals surface area contributed by atoms with Crippen molar-refractivity contribution in [1.29, 1.82) is 0 Å². The van der Waals surface area contributed by atoms with Crippen LogP contribution in [0.1, 0.15) is 106 Å². The number of anilines is 2. The number of aliphatic hydroxyl groups excluding tert-OH is 1. The van der Waals surface area contributed by atoms with Crippen LogP contribution in [-0.4, -0.2) is 56.7 Å². The maximum Gasteiger partial charge on any atom is 0.323 e. The van der Waals surface area contributed by atoms with Gasteiger partial charge in [-0.2, -0.15) is 0 Å². The molecule has 11 nitrogen and oxygen atoms in total. The van der Waals surface area contributed by atoms with E-state index in [1.165, 1.54) is 5.56 Å². The van der Waals surface area contributed by atoms with Crippen molar-refractivity contribution in [2.24, 2.45) is 0 Å². The molecule has 0 unspecified atom stereocenters. The number of carboxylic acids is 1. The molecule has 6 N–H and O–H groups in total. The Morgan fingerprint density at radius 1 is 0.745 bits per heavy atom. The van der Waals surface area contributed by atoms with Crippen LogP contribution in [-0.2, 0) is 17.9 Å². The Kier molecular flexibility index (Phi) is 10.9. The van der Waals surface area contributed by atoms with Crippen molar-refractivity contribution in [2.45, 2.75) is 90.4 Å². The number of aliphatic hydroxyl groups is 1. The fourth-order valence-corrected chi connectivity index (χ4v) is 6.37. The molecule has 0 saturated heterocycles. The summed E-state index contributed by atoms with van der Waals surface area (Å²) in [5, 5.41) is 31.1. The molecule has 2 saturated carbocycles. The zero-order valence-corrected chi connectivity index (χ0v) is 29.5. The quantitative estimate of drug-likeness (QED) is 0.0871. The summed E-state index contributed by atoms with van der Waals surface area (Å²) in [6.07, 6.45) is 7.67. The number of nitrogens with one attached hydrogen (secondary N) is 4. The highest BCUT2D eigenvalue weighted by atomic mass is 16.4. The molecule has 4 aromatic rings. The second kappa shape index (κ2) is 15.5. The van der Waals surface area contributed by atoms with E-state index in [0.29, 0.717) is 29.0 Å². The molecule has 0 spiro atoms. The molecular formula is C40H46N6O5. The summed E-state index contributed by atoms with van der Waals surface area (Å²) >= 11 is 0. The number of nitrogens with zero attached hydrogens (tertiary/aromatic N) is 2. The topological polar surface area (TPSA) is 166 Å². The Morgan fingerprint density at radius 2 is 1.20 bits per heavy atom. The first kappa shape index (κ1) is 35.8. The molecule has 2 amide bonds. The number of carbonyl (C=O) groups is 3. The highest BCUT2D eigenvalue weighted by Crippen LogP contribution is 2.43. The van der Waals surface area contributed by atoms with Gasteiger partial charge in [0, 0.05) is 42.9 Å². The Balaban J connectivity index is 1.18. The van der Waals surface area contributed by atoms with Crippen molar-refractivity contribution in [2.75, 3.05) is 17.2 Å². The number of aromatic nitrogens is 2. The number of amides is 2. The molecule has 11 heteroatoms. The molecule has 2 fully saturated rings. The predicted molar refractivity (Wildman–Crippen MR) is 197 cm³/mol. The van der Waals surface area contributed by atoms with Crippen LogP contribution in [0.4, 0.5) is 11.4 Å². The number of pyridine rings is 2. The van der Waals surface area contributed by atoms with Crippen LogP contribution in [0.3, 0.4) is 0 Å². The SMILES string of the molecule is Cc1c(NC(=O)c2cc(C3CC3)c(CNC(C)C)cn2)cccc1-c1cccc(NC(=O)c2cc(C3CC3)c(CN[C@H](CO)C(=O)O)cn2)c1C. The van der Waals surface area contributed by atoms with Crippen LogP contribution >= 0.6 is 0 Å². The van der Waals surface area contributed by atoms with E-state index in [9.17, 15) is 24.6 Å². The lowest BCUT2D eigenvalue weighted by Gasteiger charge is -2.17. The molecule has 6 rings (SSSR count). The van der Waals surface area contributed by atoms with Crippen molar-refractivity contribution >= 4 is 29.2 Å². The molecule has 1 atom stereocenters. The van der Waals surface area contributed by atoms with E-state index in [-0.39, 0.29) is 30.0 Å². The Hall–Kier alpha value is -4.97. The van der Waals surface area contributed by atoms with Crippen molar-refractivity contribution < 1.29 is 24.6 Å². The smallest absolute Gasteiger partial charge is 0.323 e. The van der Waals surface area contributed by atoms with Gasteiger partial charge in [0.15, 0.2) is 0 Å². The van der Waals surface area contributed by atoms with Crippen LogP contribution in [0.5, 0.6) is 0 Å². The number of hydrogen-bond donors (Lipinski definition) is 6. The van der Waals surface area contributed by atoms with Crippen molar-refractivity contribution in [3.63, 3.8) is 0 Å². The Morgan fingerprint density at radius 3 is 1.59 bits per heavy atom. The van der Waals surface area contributed by atoms with E-state index in [4.69, 9.17) is 0 Å². The van der Waals surface area contributed by atoms with Gasteiger partial charge in [0.25, 0.3) is 11.8 Å². The fraction of sp³-hybridized carbons (Fsp3) is 0.375. The predicted octanol–water partition coefficient (Wildman–Crippen LogP) is 6.05. The molecule has 2 aromatic heterocycles. The van der Waals surface area contributed by atoms with Gasteiger partial charge in [-0.1, -0.05) is 38.1 Å². The zero-order chi connectivity index (χ0) is 36.2. The summed E-state index contributed by atoms with van der Waals surface area (Å²) in [5.41, 5.74) is 9.71. The summed E-state index contributed by atoms with van der Waals surface area (Å²) in [5.74, 6) is -0.968. The number of hydrogen-bond acceptors (Lipinski definition) is 8. The van der Waals surface area contributed by atoms with Gasteiger partial charge in [0.05, 0.1) is 6.61 Å². The average Bonchev–Trinajstić information content (AvgIpc) is 4.04. The first-order chi connectivity index (χ1) is 24.5. The van der Waals surface area contributed by atoms with Crippen LogP contribution in [0, 0.1) is 13.8 Å². The van der Waals surface area contributed by atoms with Gasteiger partial charge >= 0.3 is 5.97 Å². The lowest BCUT2D eigenvalue weighted by molar-refractivity contribution is -0.140. The minimum atomic E-state index is -1.13.